The third-order valence-electron chi connectivity index (χ3n) is 5.93. The van der Waals surface area contributed by atoms with E-state index in [0.717, 1.165) is 11.1 Å². The molecular weight excluding hydrogens is 566 g/mol. The van der Waals surface area contributed by atoms with Crippen LogP contribution < -0.4 is 19.6 Å². The van der Waals surface area contributed by atoms with E-state index in [1.54, 1.807) is 18.2 Å². The lowest BCUT2D eigenvalue weighted by Crippen LogP contribution is -2.35. The van der Waals surface area contributed by atoms with Crippen LogP contribution in [0.25, 0.3) is 16.8 Å². The summed E-state index contributed by atoms with van der Waals surface area (Å²) in [6, 6.07) is 19.3. The zero-order valence-corrected chi connectivity index (χ0v) is 23.6. The highest BCUT2D eigenvalue weighted by atomic mass is 32.2. The molecule has 0 radical (unpaired) electrons. The maximum atomic E-state index is 11.8. The summed E-state index contributed by atoms with van der Waals surface area (Å²) in [4.78, 5) is 19.2. The molecule has 2 heterocycles. The van der Waals surface area contributed by atoms with Crippen molar-refractivity contribution >= 4 is 22.9 Å². The van der Waals surface area contributed by atoms with Crippen molar-refractivity contribution in [3.05, 3.63) is 108 Å². The molecule has 4 N–H and O–H groups in total. The van der Waals surface area contributed by atoms with E-state index < -0.39 is 23.1 Å². The molecule has 0 bridgehead atoms. The Morgan fingerprint density at radius 1 is 0.850 bits per heavy atom. The number of nitrogens with two attached hydrogens (primary N) is 1. The van der Waals surface area contributed by atoms with Crippen LogP contribution in [-0.4, -0.2) is 23.7 Å². The molecule has 0 amide bonds. The molecule has 0 aliphatic carbocycles. The van der Waals surface area contributed by atoms with E-state index in [1.807, 2.05) is 29.1 Å². The number of aromatic nitrogens is 2. The second-order valence-corrected chi connectivity index (χ2v) is 12.3. The monoisotopic (exact) mass is 595 g/mol. The highest BCUT2D eigenvalue weighted by Gasteiger charge is 2.42. The Kier molecular flexibility index (Phi) is 9.33. The Morgan fingerprint density at radius 2 is 1.30 bits per heavy atom. The predicted molar refractivity (Wildman–Crippen MR) is 144 cm³/mol. The minimum Gasteiger partial charge on any atom is -0.321 e. The molecule has 4 rings (SSSR count). The molecular formula is C27H29F3N3O5PS+2. The van der Waals surface area contributed by atoms with Crippen LogP contribution in [0.1, 0.15) is 22.3 Å². The van der Waals surface area contributed by atoms with E-state index in [2.05, 4.69) is 67.1 Å². The van der Waals surface area contributed by atoms with Gasteiger partial charge in [0.05, 0.1) is 5.30 Å². The van der Waals surface area contributed by atoms with Crippen LogP contribution in [0.5, 0.6) is 0 Å². The molecule has 0 aliphatic rings. The molecule has 0 atom stereocenters. The molecule has 0 fully saturated rings. The number of rotatable bonds is 5. The van der Waals surface area contributed by atoms with Gasteiger partial charge in [0.1, 0.15) is 0 Å². The van der Waals surface area contributed by atoms with Gasteiger partial charge in [-0.25, -0.2) is 18.1 Å². The quantitative estimate of drug-likeness (QED) is 0.241. The summed E-state index contributed by atoms with van der Waals surface area (Å²) in [5, 5.41) is 3.73. The van der Waals surface area contributed by atoms with Crippen LogP contribution in [0, 0.1) is 20.8 Å². The van der Waals surface area contributed by atoms with Crippen molar-refractivity contribution in [3.8, 4) is 16.8 Å². The van der Waals surface area contributed by atoms with Gasteiger partial charge in [0, 0.05) is 41.0 Å². The number of nitrogens with zero attached hydrogens (tertiary/aromatic N) is 2. The summed E-state index contributed by atoms with van der Waals surface area (Å²) in [5.74, 6) is 0. The number of benzene rings is 2. The van der Waals surface area contributed by atoms with Gasteiger partial charge in [-0.1, -0.05) is 23.8 Å². The number of hydrogen-bond acceptors (Lipinski definition) is 3. The average molecular weight is 596 g/mol. The Hall–Kier alpha value is -3.41. The van der Waals surface area contributed by atoms with Crippen molar-refractivity contribution < 1.29 is 45.1 Å². The van der Waals surface area contributed by atoms with Crippen molar-refractivity contribution in [2.24, 2.45) is 5.14 Å². The van der Waals surface area contributed by atoms with Crippen molar-refractivity contribution in [2.45, 2.75) is 32.8 Å². The topological polar surface area (TPSA) is 125 Å². The lowest BCUT2D eigenvalue weighted by molar-refractivity contribution is -0.688. The minimum atomic E-state index is -5.34. The van der Waals surface area contributed by atoms with Crippen LogP contribution in [0.3, 0.4) is 0 Å². The summed E-state index contributed by atoms with van der Waals surface area (Å²) < 4.78 is 67.0. The zero-order chi connectivity index (χ0) is 29.9. The first-order valence-corrected chi connectivity index (χ1v) is 15.0. The lowest BCUT2D eigenvalue weighted by atomic mass is 10.0. The van der Waals surface area contributed by atoms with Crippen molar-refractivity contribution in [1.82, 2.24) is 0 Å². The molecule has 0 spiro atoms. The summed E-state index contributed by atoms with van der Waals surface area (Å²) in [7, 11) is -9.65. The summed E-state index contributed by atoms with van der Waals surface area (Å²) >= 11 is 0. The number of primary sulfonamides is 1. The molecule has 13 heteroatoms. The third kappa shape index (κ3) is 7.83. The van der Waals surface area contributed by atoms with Crippen molar-refractivity contribution in [1.29, 1.82) is 0 Å². The smallest absolute Gasteiger partial charge is 0.321 e. The first kappa shape index (κ1) is 31.1. The fourth-order valence-electron chi connectivity index (χ4n) is 4.23. The van der Waals surface area contributed by atoms with Gasteiger partial charge in [-0.15, -0.1) is 0 Å². The average Bonchev–Trinajstić information content (AvgIpc) is 2.83. The maximum absolute atomic E-state index is 11.8. The van der Waals surface area contributed by atoms with Crippen molar-refractivity contribution in [2.75, 3.05) is 0 Å². The second-order valence-electron chi connectivity index (χ2n) is 9.16. The molecule has 40 heavy (non-hydrogen) atoms. The van der Waals surface area contributed by atoms with E-state index >= 15 is 0 Å². The van der Waals surface area contributed by atoms with Gasteiger partial charge >= 0.3 is 23.1 Å². The van der Waals surface area contributed by atoms with Crippen LogP contribution >= 0.6 is 7.60 Å². The Labute approximate surface area is 230 Å². The summed E-state index contributed by atoms with van der Waals surface area (Å²) in [6.07, 6.45) is 8.02. The lowest BCUT2D eigenvalue weighted by Gasteiger charge is -2.09. The van der Waals surface area contributed by atoms with Gasteiger partial charge in [0.25, 0.3) is 0 Å². The second kappa shape index (κ2) is 12.0. The fraction of sp³-hybridized carbons (Fsp3) is 0.185. The van der Waals surface area contributed by atoms with Crippen LogP contribution in [0.2, 0.25) is 0 Å². The number of aryl methyl sites for hydroxylation is 3. The van der Waals surface area contributed by atoms with E-state index in [9.17, 15) is 35.9 Å². The molecule has 8 nitrogen and oxygen atoms in total. The number of sulfonamides is 1. The highest BCUT2D eigenvalue weighted by molar-refractivity contribution is 7.90. The van der Waals surface area contributed by atoms with Gasteiger partial charge in [-0.2, -0.15) is 17.7 Å². The van der Waals surface area contributed by atoms with E-state index in [-0.39, 0.29) is 5.30 Å². The van der Waals surface area contributed by atoms with Gasteiger partial charge in [0.2, 0.25) is 5.69 Å². The fourth-order valence-corrected chi connectivity index (χ4v) is 5.03. The standard InChI is InChI=1S/C26H25N2O3P.CH2F3NO2S/c1-19-16-20(2)26(21(3)17-19)28-14-10-23(11-15-28)22-8-12-27(13-9-22)18-24-6-4-5-7-25(24)32(29,30)31;2-1(3,4)8(5,6)7/h4-17H,18H2,1-3H3;(H2,5,6,7)/p+2. The number of pyridine rings is 2. The molecule has 0 saturated carbocycles. The van der Waals surface area contributed by atoms with E-state index in [0.29, 0.717) is 12.1 Å². The Bertz CT molecular complexity index is 1630. The molecule has 0 saturated heterocycles. The summed E-state index contributed by atoms with van der Waals surface area (Å²) in [6.45, 7) is 6.78. The SMILES string of the molecule is Cc1cc(C)c(-[n+]2ccc(-c3cc[n+](Cc4ccccc4P(=O)(O)O)cc3)cc2)c(C)c1.NS(=O)(=O)C(F)(F)F. The maximum Gasteiger partial charge on any atom is 0.511 e. The normalized spacial score (nSPS) is 12.0. The number of halogens is 3. The van der Waals surface area contributed by atoms with Crippen molar-refractivity contribution in [3.63, 3.8) is 0 Å². The zero-order valence-electron chi connectivity index (χ0n) is 21.9. The third-order valence-corrected chi connectivity index (χ3v) is 7.64. The van der Waals surface area contributed by atoms with Crippen LogP contribution in [-0.2, 0) is 21.1 Å². The molecule has 2 aromatic heterocycles. The molecule has 4 aromatic rings. The molecule has 212 valence electrons. The van der Waals surface area contributed by atoms with Gasteiger partial charge in [0.15, 0.2) is 31.3 Å². The molecule has 0 unspecified atom stereocenters. The van der Waals surface area contributed by atoms with Crippen LogP contribution in [0.15, 0.2) is 85.5 Å². The number of alkyl halides is 3. The van der Waals surface area contributed by atoms with Gasteiger partial charge in [-0.05, 0) is 50.1 Å². The largest absolute Gasteiger partial charge is 0.511 e. The minimum absolute atomic E-state index is 0.0749. The predicted octanol–water partition coefficient (Wildman–Crippen LogP) is 3.49. The first-order chi connectivity index (χ1) is 18.5. The highest BCUT2D eigenvalue weighted by Crippen LogP contribution is 2.34. The summed E-state index contributed by atoms with van der Waals surface area (Å²) in [5.41, 5.74) is 2.45. The van der Waals surface area contributed by atoms with Crippen LogP contribution in [0.4, 0.5) is 13.2 Å². The Balaban J connectivity index is 0.000000482. The molecule has 0 aliphatic heterocycles. The van der Waals surface area contributed by atoms with E-state index in [4.69, 9.17) is 0 Å². The first-order valence-electron chi connectivity index (χ1n) is 11.8. The van der Waals surface area contributed by atoms with E-state index in [1.165, 1.54) is 28.4 Å². The molecule has 2 aromatic carbocycles. The Morgan fingerprint density at radius 3 is 1.75 bits per heavy atom. The van der Waals surface area contributed by atoms with Gasteiger partial charge < -0.3 is 9.79 Å². The van der Waals surface area contributed by atoms with Gasteiger partial charge in [-0.3, -0.25) is 4.57 Å². The number of hydrogen-bond donors (Lipinski definition) is 3.